The summed E-state index contributed by atoms with van der Waals surface area (Å²) in [6.07, 6.45) is 1.41. The Morgan fingerprint density at radius 3 is 2.70 bits per heavy atom. The first-order chi connectivity index (χ1) is 9.47. The number of amides is 1. The van der Waals surface area contributed by atoms with Crippen molar-refractivity contribution in [1.29, 1.82) is 0 Å². The zero-order valence-electron chi connectivity index (χ0n) is 9.84. The number of nitro groups is 1. The van der Waals surface area contributed by atoms with Crippen molar-refractivity contribution in [3.05, 3.63) is 62.6 Å². The van der Waals surface area contributed by atoms with Gasteiger partial charge >= 0.3 is 0 Å². The molecule has 0 bridgehead atoms. The highest BCUT2D eigenvalue weighted by molar-refractivity contribution is 9.10. The van der Waals surface area contributed by atoms with Crippen LogP contribution in [0.2, 0.25) is 0 Å². The standard InChI is InChI=1S/C12H7BrFN3O3/c13-7-1-3-9(15-6-7)12(18)16-10-5-8(14)2-4-11(10)17(19)20/h1-6H,(H,16,18). The minimum Gasteiger partial charge on any atom is -0.315 e. The molecule has 0 aliphatic carbocycles. The van der Waals surface area contributed by atoms with Crippen LogP contribution in [0.25, 0.3) is 0 Å². The number of pyridine rings is 1. The van der Waals surface area contributed by atoms with Crippen LogP contribution in [0.5, 0.6) is 0 Å². The number of halogens is 2. The molecular formula is C12H7BrFN3O3. The zero-order chi connectivity index (χ0) is 14.7. The Balaban J connectivity index is 2.29. The van der Waals surface area contributed by atoms with Crippen molar-refractivity contribution in [1.82, 2.24) is 4.98 Å². The number of benzene rings is 1. The molecule has 0 fully saturated rings. The molecule has 2 aromatic rings. The van der Waals surface area contributed by atoms with Crippen molar-refractivity contribution in [2.24, 2.45) is 0 Å². The van der Waals surface area contributed by atoms with E-state index in [0.717, 1.165) is 18.2 Å². The molecule has 1 N–H and O–H groups in total. The van der Waals surface area contributed by atoms with E-state index in [2.05, 4.69) is 26.2 Å². The van der Waals surface area contributed by atoms with E-state index in [1.54, 1.807) is 6.07 Å². The SMILES string of the molecule is O=C(Nc1cc(F)ccc1[N+](=O)[O-])c1ccc(Br)cn1. The summed E-state index contributed by atoms with van der Waals surface area (Å²) in [5, 5.41) is 13.1. The molecule has 2 rings (SSSR count). The van der Waals surface area contributed by atoms with E-state index in [0.29, 0.717) is 4.47 Å². The summed E-state index contributed by atoms with van der Waals surface area (Å²) in [5.41, 5.74) is -0.548. The number of carbonyl (C=O) groups is 1. The summed E-state index contributed by atoms with van der Waals surface area (Å²) in [6.45, 7) is 0. The molecule has 1 aromatic carbocycles. The molecule has 0 saturated heterocycles. The number of nitrogens with one attached hydrogen (secondary N) is 1. The Kier molecular flexibility index (Phi) is 4.04. The van der Waals surface area contributed by atoms with Crippen molar-refractivity contribution in [2.45, 2.75) is 0 Å². The number of aromatic nitrogens is 1. The van der Waals surface area contributed by atoms with E-state index in [1.165, 1.54) is 12.3 Å². The van der Waals surface area contributed by atoms with E-state index in [1.807, 2.05) is 0 Å². The fraction of sp³-hybridized carbons (Fsp3) is 0. The number of hydrogen-bond acceptors (Lipinski definition) is 4. The van der Waals surface area contributed by atoms with Crippen LogP contribution >= 0.6 is 15.9 Å². The molecule has 102 valence electrons. The molecule has 0 aliphatic rings. The van der Waals surface area contributed by atoms with Gasteiger partial charge in [0, 0.05) is 22.8 Å². The van der Waals surface area contributed by atoms with E-state index >= 15 is 0 Å². The monoisotopic (exact) mass is 339 g/mol. The molecular weight excluding hydrogens is 333 g/mol. The summed E-state index contributed by atoms with van der Waals surface area (Å²) >= 11 is 3.17. The van der Waals surface area contributed by atoms with Crippen LogP contribution in [0.15, 0.2) is 41.0 Å². The Hall–Kier alpha value is -2.35. The maximum absolute atomic E-state index is 13.1. The van der Waals surface area contributed by atoms with Gasteiger partial charge < -0.3 is 5.32 Å². The van der Waals surface area contributed by atoms with Crippen LogP contribution in [0.1, 0.15) is 10.5 Å². The van der Waals surface area contributed by atoms with Crippen LogP contribution in [-0.4, -0.2) is 15.8 Å². The Bertz CT molecular complexity index is 676. The predicted octanol–water partition coefficient (Wildman–Crippen LogP) is 3.14. The van der Waals surface area contributed by atoms with Crippen molar-refractivity contribution in [2.75, 3.05) is 5.32 Å². The fourth-order valence-corrected chi connectivity index (χ4v) is 1.70. The van der Waals surface area contributed by atoms with Gasteiger partial charge in [-0.25, -0.2) is 9.37 Å². The van der Waals surface area contributed by atoms with E-state index < -0.39 is 22.3 Å². The quantitative estimate of drug-likeness (QED) is 0.687. The van der Waals surface area contributed by atoms with Gasteiger partial charge in [-0.1, -0.05) is 0 Å². The molecule has 6 nitrogen and oxygen atoms in total. The van der Waals surface area contributed by atoms with Crippen molar-refractivity contribution in [3.8, 4) is 0 Å². The summed E-state index contributed by atoms with van der Waals surface area (Å²) in [4.78, 5) is 25.8. The molecule has 0 spiro atoms. The van der Waals surface area contributed by atoms with Gasteiger partial charge in [0.15, 0.2) is 0 Å². The van der Waals surface area contributed by atoms with Gasteiger partial charge in [-0.05, 0) is 34.1 Å². The van der Waals surface area contributed by atoms with Gasteiger partial charge in [0.1, 0.15) is 17.2 Å². The molecule has 0 aliphatic heterocycles. The molecule has 20 heavy (non-hydrogen) atoms. The van der Waals surface area contributed by atoms with Crippen molar-refractivity contribution >= 4 is 33.2 Å². The largest absolute Gasteiger partial charge is 0.315 e. The third-order valence-electron chi connectivity index (χ3n) is 2.36. The van der Waals surface area contributed by atoms with Gasteiger partial charge in [0.05, 0.1) is 4.92 Å². The molecule has 0 unspecified atom stereocenters. The molecule has 1 amide bonds. The second kappa shape index (κ2) is 5.74. The first kappa shape index (κ1) is 14.1. The number of carbonyl (C=O) groups excluding carboxylic acids is 1. The van der Waals surface area contributed by atoms with Crippen LogP contribution in [0, 0.1) is 15.9 Å². The van der Waals surface area contributed by atoms with Crippen molar-refractivity contribution < 1.29 is 14.1 Å². The Morgan fingerprint density at radius 2 is 2.10 bits per heavy atom. The average molecular weight is 340 g/mol. The van der Waals surface area contributed by atoms with Gasteiger partial charge in [0.2, 0.25) is 0 Å². The minimum atomic E-state index is -0.704. The highest BCUT2D eigenvalue weighted by Crippen LogP contribution is 2.25. The van der Waals surface area contributed by atoms with Crippen molar-refractivity contribution in [3.63, 3.8) is 0 Å². The number of anilines is 1. The van der Waals surface area contributed by atoms with Gasteiger partial charge in [-0.15, -0.1) is 0 Å². The molecule has 0 saturated carbocycles. The lowest BCUT2D eigenvalue weighted by Gasteiger charge is -2.05. The topological polar surface area (TPSA) is 85.1 Å². The third kappa shape index (κ3) is 3.15. The zero-order valence-corrected chi connectivity index (χ0v) is 11.4. The molecule has 8 heteroatoms. The average Bonchev–Trinajstić information content (AvgIpc) is 2.39. The smallest absolute Gasteiger partial charge is 0.292 e. The van der Waals surface area contributed by atoms with E-state index in [-0.39, 0.29) is 11.4 Å². The molecule has 1 aromatic heterocycles. The highest BCUT2D eigenvalue weighted by atomic mass is 79.9. The Morgan fingerprint density at radius 1 is 1.35 bits per heavy atom. The van der Waals surface area contributed by atoms with Crippen LogP contribution < -0.4 is 5.32 Å². The first-order valence-corrected chi connectivity index (χ1v) is 6.13. The Labute approximate surface area is 120 Å². The van der Waals surface area contributed by atoms with Gasteiger partial charge in [-0.3, -0.25) is 14.9 Å². The molecule has 0 atom stereocenters. The highest BCUT2D eigenvalue weighted by Gasteiger charge is 2.17. The lowest BCUT2D eigenvalue weighted by molar-refractivity contribution is -0.384. The second-order valence-corrected chi connectivity index (χ2v) is 4.65. The summed E-state index contributed by atoms with van der Waals surface area (Å²) in [6, 6.07) is 5.85. The minimum absolute atomic E-state index is 0.0618. The summed E-state index contributed by atoms with van der Waals surface area (Å²) in [5.74, 6) is -1.35. The predicted molar refractivity (Wildman–Crippen MR) is 72.9 cm³/mol. The van der Waals surface area contributed by atoms with Crippen LogP contribution in [0.3, 0.4) is 0 Å². The lowest BCUT2D eigenvalue weighted by Crippen LogP contribution is -2.14. The maximum atomic E-state index is 13.1. The third-order valence-corrected chi connectivity index (χ3v) is 2.83. The van der Waals surface area contributed by atoms with E-state index in [4.69, 9.17) is 0 Å². The second-order valence-electron chi connectivity index (χ2n) is 3.73. The fourth-order valence-electron chi connectivity index (χ4n) is 1.46. The molecule has 0 radical (unpaired) electrons. The maximum Gasteiger partial charge on any atom is 0.292 e. The summed E-state index contributed by atoms with van der Waals surface area (Å²) in [7, 11) is 0. The normalized spacial score (nSPS) is 10.1. The summed E-state index contributed by atoms with van der Waals surface area (Å²) < 4.78 is 13.8. The lowest BCUT2D eigenvalue weighted by atomic mass is 10.2. The number of hydrogen-bond donors (Lipinski definition) is 1. The number of nitrogens with zero attached hydrogens (tertiary/aromatic N) is 2. The van der Waals surface area contributed by atoms with E-state index in [9.17, 15) is 19.3 Å². The van der Waals surface area contributed by atoms with Gasteiger partial charge in [0.25, 0.3) is 11.6 Å². The van der Waals surface area contributed by atoms with Crippen LogP contribution in [-0.2, 0) is 0 Å². The molecule has 1 heterocycles. The number of rotatable bonds is 3. The number of nitro benzene ring substituents is 1. The van der Waals surface area contributed by atoms with Crippen LogP contribution in [0.4, 0.5) is 15.8 Å². The first-order valence-electron chi connectivity index (χ1n) is 5.34. The van der Waals surface area contributed by atoms with Gasteiger partial charge in [-0.2, -0.15) is 0 Å².